The van der Waals surface area contributed by atoms with Crippen molar-refractivity contribution in [3.8, 4) is 17.2 Å². The van der Waals surface area contributed by atoms with Gasteiger partial charge in [0.05, 0.1) is 6.20 Å². The van der Waals surface area contributed by atoms with Gasteiger partial charge in [0.15, 0.2) is 5.75 Å². The van der Waals surface area contributed by atoms with Crippen molar-refractivity contribution in [2.75, 3.05) is 0 Å². The first-order chi connectivity index (χ1) is 16.9. The molecule has 1 aromatic heterocycles. The van der Waals surface area contributed by atoms with Crippen LogP contribution in [0.25, 0.3) is 0 Å². The summed E-state index contributed by atoms with van der Waals surface area (Å²) < 4.78 is 52.8. The molecule has 0 aliphatic rings. The summed E-state index contributed by atoms with van der Waals surface area (Å²) in [5.41, 5.74) is 2.24. The minimum absolute atomic E-state index is 0.190. The monoisotopic (exact) mass is 479 g/mol. The van der Waals surface area contributed by atoms with Gasteiger partial charge in [0, 0.05) is 6.20 Å². The number of esters is 1. The Kier molecular flexibility index (Phi) is 7.30. The Morgan fingerprint density at radius 2 is 1.43 bits per heavy atom. The van der Waals surface area contributed by atoms with Crippen LogP contribution in [0.15, 0.2) is 97.3 Å². The number of nitrogens with zero attached hydrogens (tertiary/aromatic N) is 1. The highest BCUT2D eigenvalue weighted by Crippen LogP contribution is 2.28. The summed E-state index contributed by atoms with van der Waals surface area (Å²) in [5.74, 6) is -0.357. The zero-order chi connectivity index (χ0) is 24.7. The number of halogens is 3. The van der Waals surface area contributed by atoms with Crippen LogP contribution in [0.3, 0.4) is 0 Å². The molecule has 1 heterocycles. The van der Waals surface area contributed by atoms with Crippen LogP contribution >= 0.6 is 0 Å². The average Bonchev–Trinajstić information content (AvgIpc) is 2.84. The number of pyridine rings is 1. The van der Waals surface area contributed by atoms with E-state index in [2.05, 4.69) is 9.72 Å². The summed E-state index contributed by atoms with van der Waals surface area (Å²) in [7, 11) is 0. The van der Waals surface area contributed by atoms with E-state index in [4.69, 9.17) is 9.47 Å². The number of para-hydroxylation sites is 1. The summed E-state index contributed by atoms with van der Waals surface area (Å²) in [5, 5.41) is 0. The Morgan fingerprint density at radius 3 is 2.09 bits per heavy atom. The van der Waals surface area contributed by atoms with Crippen LogP contribution in [0.5, 0.6) is 17.2 Å². The third-order valence-corrected chi connectivity index (χ3v) is 4.94. The van der Waals surface area contributed by atoms with Gasteiger partial charge in [0.2, 0.25) is 0 Å². The van der Waals surface area contributed by atoms with Crippen molar-refractivity contribution in [1.82, 2.24) is 4.98 Å². The van der Waals surface area contributed by atoms with Gasteiger partial charge in [0.1, 0.15) is 23.7 Å². The molecule has 178 valence electrons. The number of rotatable bonds is 8. The molecular weight excluding hydrogens is 459 g/mol. The SMILES string of the molecule is O=C(Oc1ccccc1)c1c(Cc2ccc(OC(F)(F)F)cc2)cncc1OCc1ccccc1. The van der Waals surface area contributed by atoms with Gasteiger partial charge in [-0.3, -0.25) is 4.98 Å². The van der Waals surface area contributed by atoms with Gasteiger partial charge >= 0.3 is 12.3 Å². The molecule has 0 bridgehead atoms. The Balaban J connectivity index is 1.61. The minimum Gasteiger partial charge on any atom is -0.486 e. The molecule has 5 nitrogen and oxygen atoms in total. The molecule has 0 aliphatic carbocycles. The van der Waals surface area contributed by atoms with E-state index in [1.54, 1.807) is 30.3 Å². The molecule has 0 unspecified atom stereocenters. The highest BCUT2D eigenvalue weighted by atomic mass is 19.4. The lowest BCUT2D eigenvalue weighted by atomic mass is 10.0. The molecule has 0 N–H and O–H groups in total. The molecule has 0 fully saturated rings. The lowest BCUT2D eigenvalue weighted by molar-refractivity contribution is -0.274. The molecular formula is C27H20F3NO4. The summed E-state index contributed by atoms with van der Waals surface area (Å²) >= 11 is 0. The summed E-state index contributed by atoms with van der Waals surface area (Å²) in [6, 6.07) is 23.4. The molecule has 3 aromatic carbocycles. The molecule has 35 heavy (non-hydrogen) atoms. The molecule has 0 aliphatic heterocycles. The predicted octanol–water partition coefficient (Wildman–Crippen LogP) is 6.37. The van der Waals surface area contributed by atoms with Crippen molar-refractivity contribution < 1.29 is 32.2 Å². The van der Waals surface area contributed by atoms with Gasteiger partial charge in [-0.25, -0.2) is 4.79 Å². The Hall–Kier alpha value is -4.33. The maximum atomic E-state index is 13.2. The van der Waals surface area contributed by atoms with Crippen LogP contribution in [0.2, 0.25) is 0 Å². The number of alkyl halides is 3. The maximum absolute atomic E-state index is 13.2. The van der Waals surface area contributed by atoms with Crippen LogP contribution in [0.1, 0.15) is 27.0 Å². The minimum atomic E-state index is -4.77. The topological polar surface area (TPSA) is 57.7 Å². The fraction of sp³-hybridized carbons (Fsp3) is 0.111. The molecule has 0 saturated heterocycles. The van der Waals surface area contributed by atoms with E-state index in [0.717, 1.165) is 5.56 Å². The smallest absolute Gasteiger partial charge is 0.486 e. The highest BCUT2D eigenvalue weighted by Gasteiger charge is 2.31. The van der Waals surface area contributed by atoms with E-state index in [-0.39, 0.29) is 30.1 Å². The first-order valence-corrected chi connectivity index (χ1v) is 10.6. The summed E-state index contributed by atoms with van der Waals surface area (Å²) in [6.45, 7) is 0.209. The number of benzene rings is 3. The second-order valence-electron chi connectivity index (χ2n) is 7.52. The lowest BCUT2D eigenvalue weighted by Crippen LogP contribution is -2.17. The van der Waals surface area contributed by atoms with Crippen LogP contribution in [-0.4, -0.2) is 17.3 Å². The number of aromatic nitrogens is 1. The molecule has 4 aromatic rings. The highest BCUT2D eigenvalue weighted by molar-refractivity contribution is 5.95. The van der Waals surface area contributed by atoms with Crippen molar-refractivity contribution in [1.29, 1.82) is 0 Å². The number of carbonyl (C=O) groups is 1. The van der Waals surface area contributed by atoms with Gasteiger partial charge in [-0.15, -0.1) is 13.2 Å². The van der Waals surface area contributed by atoms with Crippen LogP contribution in [-0.2, 0) is 13.0 Å². The fourth-order valence-electron chi connectivity index (χ4n) is 3.37. The van der Waals surface area contributed by atoms with Crippen molar-refractivity contribution in [3.05, 3.63) is 120 Å². The van der Waals surface area contributed by atoms with E-state index >= 15 is 0 Å². The van der Waals surface area contributed by atoms with E-state index in [0.29, 0.717) is 16.9 Å². The molecule has 0 saturated carbocycles. The van der Waals surface area contributed by atoms with E-state index in [9.17, 15) is 18.0 Å². The van der Waals surface area contributed by atoms with Crippen LogP contribution in [0.4, 0.5) is 13.2 Å². The van der Waals surface area contributed by atoms with Crippen molar-refractivity contribution >= 4 is 5.97 Å². The van der Waals surface area contributed by atoms with Gasteiger partial charge in [-0.05, 0) is 47.4 Å². The van der Waals surface area contributed by atoms with Gasteiger partial charge in [0.25, 0.3) is 0 Å². The van der Waals surface area contributed by atoms with Crippen molar-refractivity contribution in [2.45, 2.75) is 19.4 Å². The molecule has 0 radical (unpaired) electrons. The molecule has 0 spiro atoms. The molecule has 4 rings (SSSR count). The lowest BCUT2D eigenvalue weighted by Gasteiger charge is -2.15. The van der Waals surface area contributed by atoms with Gasteiger partial charge < -0.3 is 14.2 Å². The quantitative estimate of drug-likeness (QED) is 0.217. The second kappa shape index (κ2) is 10.7. The summed E-state index contributed by atoms with van der Waals surface area (Å²) in [6.07, 6.45) is -1.61. The fourth-order valence-corrected chi connectivity index (χ4v) is 3.37. The Morgan fingerprint density at radius 1 is 0.771 bits per heavy atom. The number of ether oxygens (including phenoxy) is 3. The Bertz CT molecular complexity index is 1260. The third-order valence-electron chi connectivity index (χ3n) is 4.94. The molecule has 0 atom stereocenters. The van der Waals surface area contributed by atoms with E-state index < -0.39 is 12.3 Å². The molecule has 8 heteroatoms. The molecule has 0 amide bonds. The Labute approximate surface area is 199 Å². The van der Waals surface area contributed by atoms with Gasteiger partial charge in [-0.1, -0.05) is 60.7 Å². The number of carbonyl (C=O) groups excluding carboxylic acids is 1. The van der Waals surface area contributed by atoms with Crippen molar-refractivity contribution in [3.63, 3.8) is 0 Å². The van der Waals surface area contributed by atoms with Gasteiger partial charge in [-0.2, -0.15) is 0 Å². The van der Waals surface area contributed by atoms with Crippen LogP contribution < -0.4 is 14.2 Å². The summed E-state index contributed by atoms with van der Waals surface area (Å²) in [4.78, 5) is 17.4. The zero-order valence-electron chi connectivity index (χ0n) is 18.4. The standard InChI is InChI=1S/C27H20F3NO4/c28-27(29,30)35-23-13-11-19(12-14-23)15-21-16-31-17-24(33-18-20-7-3-1-4-8-20)25(21)26(32)34-22-9-5-2-6-10-22/h1-14,16-17H,15,18H2. The largest absolute Gasteiger partial charge is 0.573 e. The van der Waals surface area contributed by atoms with Crippen LogP contribution in [0, 0.1) is 0 Å². The third kappa shape index (κ3) is 6.83. The number of hydrogen-bond acceptors (Lipinski definition) is 5. The predicted molar refractivity (Wildman–Crippen MR) is 122 cm³/mol. The van der Waals surface area contributed by atoms with E-state index in [1.807, 2.05) is 30.3 Å². The second-order valence-corrected chi connectivity index (χ2v) is 7.52. The normalized spacial score (nSPS) is 11.1. The number of hydrogen-bond donors (Lipinski definition) is 0. The van der Waals surface area contributed by atoms with E-state index in [1.165, 1.54) is 36.7 Å². The van der Waals surface area contributed by atoms with Crippen molar-refractivity contribution in [2.24, 2.45) is 0 Å². The first-order valence-electron chi connectivity index (χ1n) is 10.6. The first kappa shape index (κ1) is 23.8. The average molecular weight is 479 g/mol. The zero-order valence-corrected chi connectivity index (χ0v) is 18.4. The maximum Gasteiger partial charge on any atom is 0.573 e.